The van der Waals surface area contributed by atoms with E-state index >= 15 is 0 Å². The lowest BCUT2D eigenvalue weighted by molar-refractivity contribution is -0.120. The fraction of sp³-hybridized carbons (Fsp3) is 0.160. The van der Waals surface area contributed by atoms with Gasteiger partial charge in [-0.2, -0.15) is 0 Å². The Bertz CT molecular complexity index is 1300. The highest BCUT2D eigenvalue weighted by atomic mass is 32.2. The number of hydrogen-bond acceptors (Lipinski definition) is 5. The summed E-state index contributed by atoms with van der Waals surface area (Å²) in [6, 6.07) is 19.1. The van der Waals surface area contributed by atoms with Gasteiger partial charge in [0.1, 0.15) is 6.04 Å². The molecule has 1 unspecified atom stereocenters. The molecule has 0 radical (unpaired) electrons. The second kappa shape index (κ2) is 8.63. The summed E-state index contributed by atoms with van der Waals surface area (Å²) in [7, 11) is -4.32. The SMILES string of the molecule is CCc1ccc(N(C(=O)C(C)N2C(=O)c3ccccc3C2=O)S(=O)(=O)c2ccccc2)cc1. The Balaban J connectivity index is 1.78. The van der Waals surface area contributed by atoms with E-state index in [0.29, 0.717) is 4.31 Å². The molecule has 1 heterocycles. The summed E-state index contributed by atoms with van der Waals surface area (Å²) in [5.74, 6) is -2.16. The van der Waals surface area contributed by atoms with Crippen molar-refractivity contribution in [3.05, 3.63) is 95.6 Å². The van der Waals surface area contributed by atoms with Crippen LogP contribution in [0.25, 0.3) is 0 Å². The Hall–Kier alpha value is -3.78. The van der Waals surface area contributed by atoms with Gasteiger partial charge in [0.15, 0.2) is 0 Å². The van der Waals surface area contributed by atoms with E-state index in [4.69, 9.17) is 0 Å². The molecule has 0 spiro atoms. The molecule has 3 amide bonds. The summed E-state index contributed by atoms with van der Waals surface area (Å²) in [5, 5.41) is 0. The van der Waals surface area contributed by atoms with Crippen molar-refractivity contribution in [2.75, 3.05) is 4.31 Å². The molecule has 4 rings (SSSR count). The summed E-state index contributed by atoms with van der Waals surface area (Å²) in [4.78, 5) is 40.2. The van der Waals surface area contributed by atoms with Crippen molar-refractivity contribution in [3.63, 3.8) is 0 Å². The molecule has 8 heteroatoms. The number of sulfonamides is 1. The van der Waals surface area contributed by atoms with Gasteiger partial charge >= 0.3 is 0 Å². The molecule has 168 valence electrons. The van der Waals surface area contributed by atoms with Crippen LogP contribution in [-0.2, 0) is 21.2 Å². The van der Waals surface area contributed by atoms with Crippen LogP contribution < -0.4 is 4.31 Å². The largest absolute Gasteiger partial charge is 0.271 e. The van der Waals surface area contributed by atoms with Gasteiger partial charge in [0.25, 0.3) is 27.7 Å². The molecular formula is C25H22N2O5S. The van der Waals surface area contributed by atoms with Crippen LogP contribution in [-0.4, -0.2) is 37.1 Å². The molecule has 0 aliphatic carbocycles. The smallest absolute Gasteiger partial charge is 0.270 e. The van der Waals surface area contributed by atoms with Gasteiger partial charge in [-0.05, 0) is 55.3 Å². The lowest BCUT2D eigenvalue weighted by Gasteiger charge is -2.29. The van der Waals surface area contributed by atoms with Crippen molar-refractivity contribution < 1.29 is 22.8 Å². The van der Waals surface area contributed by atoms with E-state index in [1.54, 1.807) is 54.6 Å². The van der Waals surface area contributed by atoms with Gasteiger partial charge in [0.2, 0.25) is 0 Å². The number of anilines is 1. The maximum absolute atomic E-state index is 13.6. The molecule has 0 fully saturated rings. The average molecular weight is 463 g/mol. The summed E-state index contributed by atoms with van der Waals surface area (Å²) in [5.41, 5.74) is 1.47. The van der Waals surface area contributed by atoms with Gasteiger partial charge in [-0.3, -0.25) is 19.3 Å². The zero-order valence-corrected chi connectivity index (χ0v) is 19.0. The number of rotatable bonds is 6. The van der Waals surface area contributed by atoms with Crippen LogP contribution in [0.5, 0.6) is 0 Å². The first-order valence-electron chi connectivity index (χ1n) is 10.5. The number of nitrogens with zero attached hydrogens (tertiary/aromatic N) is 2. The lowest BCUT2D eigenvalue weighted by Crippen LogP contribution is -2.51. The predicted octanol–water partition coefficient (Wildman–Crippen LogP) is 3.66. The van der Waals surface area contributed by atoms with Crippen LogP contribution in [0.3, 0.4) is 0 Å². The number of carbonyl (C=O) groups excluding carboxylic acids is 3. The van der Waals surface area contributed by atoms with Crippen LogP contribution in [0.2, 0.25) is 0 Å². The minimum atomic E-state index is -4.32. The molecule has 0 saturated heterocycles. The zero-order valence-electron chi connectivity index (χ0n) is 18.1. The number of fused-ring (bicyclic) bond motifs is 1. The highest BCUT2D eigenvalue weighted by Gasteiger charge is 2.44. The molecule has 0 aromatic heterocycles. The van der Waals surface area contributed by atoms with E-state index in [-0.39, 0.29) is 21.7 Å². The molecular weight excluding hydrogens is 440 g/mol. The summed E-state index contributed by atoms with van der Waals surface area (Å²) < 4.78 is 27.8. The monoisotopic (exact) mass is 462 g/mol. The topological polar surface area (TPSA) is 91.8 Å². The van der Waals surface area contributed by atoms with Crippen LogP contribution >= 0.6 is 0 Å². The van der Waals surface area contributed by atoms with Crippen LogP contribution in [0, 0.1) is 0 Å². The van der Waals surface area contributed by atoms with Gasteiger partial charge in [0.05, 0.1) is 21.7 Å². The second-order valence-corrected chi connectivity index (χ2v) is 9.43. The van der Waals surface area contributed by atoms with E-state index in [1.807, 2.05) is 6.92 Å². The van der Waals surface area contributed by atoms with Crippen molar-refractivity contribution in [1.29, 1.82) is 0 Å². The highest BCUT2D eigenvalue weighted by molar-refractivity contribution is 7.93. The number of imide groups is 1. The molecule has 7 nitrogen and oxygen atoms in total. The molecule has 1 aliphatic rings. The fourth-order valence-electron chi connectivity index (χ4n) is 3.79. The Kier molecular flexibility index (Phi) is 5.86. The summed E-state index contributed by atoms with van der Waals surface area (Å²) in [6.07, 6.45) is 0.741. The van der Waals surface area contributed by atoms with Crippen LogP contribution in [0.4, 0.5) is 5.69 Å². The number of amides is 3. The van der Waals surface area contributed by atoms with E-state index in [0.717, 1.165) is 16.9 Å². The molecule has 3 aromatic rings. The number of hydrogen-bond donors (Lipinski definition) is 0. The first-order valence-corrected chi connectivity index (χ1v) is 11.9. The van der Waals surface area contributed by atoms with Crippen molar-refractivity contribution in [1.82, 2.24) is 4.90 Å². The summed E-state index contributed by atoms with van der Waals surface area (Å²) >= 11 is 0. The maximum atomic E-state index is 13.6. The maximum Gasteiger partial charge on any atom is 0.270 e. The zero-order chi connectivity index (χ0) is 23.8. The Labute approximate surface area is 192 Å². The van der Waals surface area contributed by atoms with Gasteiger partial charge in [-0.25, -0.2) is 12.7 Å². The van der Waals surface area contributed by atoms with Gasteiger partial charge in [-0.1, -0.05) is 49.4 Å². The fourth-order valence-corrected chi connectivity index (χ4v) is 5.29. The van der Waals surface area contributed by atoms with Crippen LogP contribution in [0.1, 0.15) is 40.1 Å². The van der Waals surface area contributed by atoms with E-state index in [9.17, 15) is 22.8 Å². The first kappa shape index (κ1) is 22.4. The Morgan fingerprint density at radius 2 is 1.36 bits per heavy atom. The van der Waals surface area contributed by atoms with E-state index < -0.39 is 33.8 Å². The molecule has 0 N–H and O–H groups in total. The standard InChI is InChI=1S/C25H22N2O5S/c1-3-18-13-15-19(16-14-18)27(33(31,32)20-9-5-4-6-10-20)23(28)17(2)26-24(29)21-11-7-8-12-22(21)25(26)30/h4-17H,3H2,1-2H3. The molecule has 1 atom stereocenters. The van der Waals surface area contributed by atoms with Crippen LogP contribution in [0.15, 0.2) is 83.8 Å². The third-order valence-corrected chi connectivity index (χ3v) is 7.37. The molecule has 3 aromatic carbocycles. The molecule has 33 heavy (non-hydrogen) atoms. The predicted molar refractivity (Wildman–Crippen MR) is 123 cm³/mol. The highest BCUT2D eigenvalue weighted by Crippen LogP contribution is 2.29. The number of benzene rings is 3. The molecule has 0 bridgehead atoms. The van der Waals surface area contributed by atoms with Crippen molar-refractivity contribution in [3.8, 4) is 0 Å². The van der Waals surface area contributed by atoms with E-state index in [2.05, 4.69) is 0 Å². The molecule has 0 saturated carbocycles. The van der Waals surface area contributed by atoms with Gasteiger partial charge in [0, 0.05) is 0 Å². The van der Waals surface area contributed by atoms with E-state index in [1.165, 1.54) is 31.2 Å². The quantitative estimate of drug-likeness (QED) is 0.522. The van der Waals surface area contributed by atoms with Crippen molar-refractivity contribution in [2.45, 2.75) is 31.2 Å². The van der Waals surface area contributed by atoms with Gasteiger partial charge in [-0.15, -0.1) is 0 Å². The first-order chi connectivity index (χ1) is 15.8. The summed E-state index contributed by atoms with van der Waals surface area (Å²) in [6.45, 7) is 3.32. The molecule has 1 aliphatic heterocycles. The average Bonchev–Trinajstić information content (AvgIpc) is 3.09. The number of carbonyl (C=O) groups is 3. The lowest BCUT2D eigenvalue weighted by atomic mass is 10.1. The Morgan fingerprint density at radius 1 is 0.848 bits per heavy atom. The minimum Gasteiger partial charge on any atom is -0.271 e. The van der Waals surface area contributed by atoms with Crippen molar-refractivity contribution in [2.24, 2.45) is 0 Å². The van der Waals surface area contributed by atoms with Gasteiger partial charge < -0.3 is 0 Å². The normalized spacial score (nSPS) is 14.2. The second-order valence-electron chi connectivity index (χ2n) is 7.64. The number of aryl methyl sites for hydroxylation is 1. The Morgan fingerprint density at radius 3 is 1.88 bits per heavy atom. The third kappa shape index (κ3) is 3.82. The van der Waals surface area contributed by atoms with Crippen molar-refractivity contribution >= 4 is 33.4 Å². The minimum absolute atomic E-state index is 0.0764. The third-order valence-electron chi connectivity index (χ3n) is 5.63.